The molecule has 0 saturated carbocycles. The van der Waals surface area contributed by atoms with Crippen molar-refractivity contribution in [2.75, 3.05) is 0 Å². The van der Waals surface area contributed by atoms with Crippen LogP contribution >= 0.6 is 31.9 Å². The molecule has 98 valence electrons. The Morgan fingerprint density at radius 2 is 1.79 bits per heavy atom. The van der Waals surface area contributed by atoms with Gasteiger partial charge in [-0.1, -0.05) is 22.0 Å². The van der Waals surface area contributed by atoms with Crippen LogP contribution in [0.5, 0.6) is 11.5 Å². The van der Waals surface area contributed by atoms with Crippen molar-refractivity contribution in [2.45, 2.75) is 6.92 Å². The predicted octanol–water partition coefficient (Wildman–Crippen LogP) is 5.22. The summed E-state index contributed by atoms with van der Waals surface area (Å²) in [6.07, 6.45) is 0. The first kappa shape index (κ1) is 14.0. The van der Waals surface area contributed by atoms with Crippen molar-refractivity contribution in [1.29, 1.82) is 0 Å². The fourth-order valence-corrected chi connectivity index (χ4v) is 2.45. The van der Waals surface area contributed by atoms with Crippen molar-refractivity contribution in [3.63, 3.8) is 0 Å². The lowest BCUT2D eigenvalue weighted by atomic mass is 10.2. The van der Waals surface area contributed by atoms with Crippen LogP contribution < -0.4 is 4.74 Å². The molecule has 0 aromatic heterocycles. The first-order valence-electron chi connectivity index (χ1n) is 5.35. The summed E-state index contributed by atoms with van der Waals surface area (Å²) in [7, 11) is 0. The van der Waals surface area contributed by atoms with Crippen LogP contribution in [0.25, 0.3) is 0 Å². The van der Waals surface area contributed by atoms with Gasteiger partial charge in [-0.05, 0) is 52.7 Å². The van der Waals surface area contributed by atoms with Crippen LogP contribution in [-0.4, -0.2) is 4.92 Å². The summed E-state index contributed by atoms with van der Waals surface area (Å²) in [5.74, 6) is 0.744. The van der Waals surface area contributed by atoms with Gasteiger partial charge in [-0.3, -0.25) is 10.1 Å². The average Bonchev–Trinajstić information content (AvgIpc) is 2.34. The van der Waals surface area contributed by atoms with Crippen molar-refractivity contribution in [1.82, 2.24) is 0 Å². The smallest absolute Gasteiger partial charge is 0.312 e. The molecule has 0 aliphatic rings. The van der Waals surface area contributed by atoms with Crippen LogP contribution in [0.15, 0.2) is 45.3 Å². The molecule has 4 nitrogen and oxygen atoms in total. The number of benzene rings is 2. The van der Waals surface area contributed by atoms with Gasteiger partial charge in [-0.25, -0.2) is 0 Å². The molecule has 0 radical (unpaired) electrons. The van der Waals surface area contributed by atoms with Crippen LogP contribution in [0.1, 0.15) is 5.56 Å². The number of hydrogen-bond donors (Lipinski definition) is 0. The third-order valence-electron chi connectivity index (χ3n) is 2.42. The van der Waals surface area contributed by atoms with Crippen molar-refractivity contribution in [3.8, 4) is 11.5 Å². The van der Waals surface area contributed by atoms with Crippen molar-refractivity contribution >= 4 is 37.5 Å². The molecule has 0 heterocycles. The zero-order chi connectivity index (χ0) is 14.0. The van der Waals surface area contributed by atoms with E-state index in [1.807, 2.05) is 19.1 Å². The van der Waals surface area contributed by atoms with Crippen LogP contribution in [0, 0.1) is 17.0 Å². The number of nitro benzene ring substituents is 1. The molecule has 0 amide bonds. The van der Waals surface area contributed by atoms with E-state index in [9.17, 15) is 10.1 Å². The third kappa shape index (κ3) is 3.33. The normalized spacial score (nSPS) is 10.3. The summed E-state index contributed by atoms with van der Waals surface area (Å²) < 4.78 is 6.99. The van der Waals surface area contributed by atoms with Gasteiger partial charge < -0.3 is 4.74 Å². The highest BCUT2D eigenvalue weighted by Gasteiger charge is 2.17. The van der Waals surface area contributed by atoms with Gasteiger partial charge in [-0.2, -0.15) is 0 Å². The van der Waals surface area contributed by atoms with E-state index in [1.165, 1.54) is 6.07 Å². The predicted molar refractivity (Wildman–Crippen MR) is 79.7 cm³/mol. The molecule has 0 spiro atoms. The van der Waals surface area contributed by atoms with Crippen LogP contribution in [0.4, 0.5) is 5.69 Å². The molecule has 0 fully saturated rings. The molecular formula is C13H9Br2NO3. The lowest BCUT2D eigenvalue weighted by Crippen LogP contribution is -1.94. The number of nitro groups is 1. The molecule has 0 atom stereocenters. The lowest BCUT2D eigenvalue weighted by Gasteiger charge is -2.09. The van der Waals surface area contributed by atoms with E-state index in [2.05, 4.69) is 31.9 Å². The van der Waals surface area contributed by atoms with Gasteiger partial charge in [0.05, 0.1) is 9.40 Å². The van der Waals surface area contributed by atoms with Gasteiger partial charge in [0, 0.05) is 10.5 Å². The minimum absolute atomic E-state index is 0.0816. The minimum atomic E-state index is -0.470. The quantitative estimate of drug-likeness (QED) is 0.536. The molecular weight excluding hydrogens is 378 g/mol. The molecule has 2 aromatic rings. The van der Waals surface area contributed by atoms with Crippen molar-refractivity contribution in [2.24, 2.45) is 0 Å². The maximum absolute atomic E-state index is 11.0. The highest BCUT2D eigenvalue weighted by atomic mass is 79.9. The van der Waals surface area contributed by atoms with Gasteiger partial charge in [0.1, 0.15) is 5.75 Å². The Morgan fingerprint density at radius 1 is 1.11 bits per heavy atom. The Bertz CT molecular complexity index is 644. The van der Waals surface area contributed by atoms with E-state index >= 15 is 0 Å². The first-order valence-corrected chi connectivity index (χ1v) is 6.94. The van der Waals surface area contributed by atoms with Gasteiger partial charge in [-0.15, -0.1) is 0 Å². The lowest BCUT2D eigenvalue weighted by molar-refractivity contribution is -0.385. The maximum atomic E-state index is 11.0. The van der Waals surface area contributed by atoms with Crippen LogP contribution in [0.2, 0.25) is 0 Å². The summed E-state index contributed by atoms with van der Waals surface area (Å²) in [6.45, 7) is 1.95. The molecule has 0 aliphatic carbocycles. The molecule has 0 unspecified atom stereocenters. The Hall–Kier alpha value is -1.40. The molecule has 0 bridgehead atoms. The molecule has 19 heavy (non-hydrogen) atoms. The van der Waals surface area contributed by atoms with E-state index in [0.29, 0.717) is 10.2 Å². The Kier molecular flexibility index (Phi) is 4.21. The molecule has 0 aliphatic heterocycles. The van der Waals surface area contributed by atoms with Gasteiger partial charge in [0.15, 0.2) is 0 Å². The second kappa shape index (κ2) is 5.71. The zero-order valence-corrected chi connectivity index (χ0v) is 13.1. The highest BCUT2D eigenvalue weighted by Crippen LogP contribution is 2.36. The first-order chi connectivity index (χ1) is 8.97. The standard InChI is InChI=1S/C13H9Br2NO3/c1-8-2-4-12(10(15)6-8)19-13-5-3-9(14)7-11(13)16(17)18/h2-7H,1H3. The topological polar surface area (TPSA) is 52.4 Å². The fourth-order valence-electron chi connectivity index (χ4n) is 1.53. The number of ether oxygens (including phenoxy) is 1. The summed E-state index contributed by atoms with van der Waals surface area (Å²) in [6, 6.07) is 10.2. The number of hydrogen-bond acceptors (Lipinski definition) is 3. The van der Waals surface area contributed by atoms with Crippen molar-refractivity contribution < 1.29 is 9.66 Å². The summed E-state index contributed by atoms with van der Waals surface area (Å²) in [4.78, 5) is 10.5. The SMILES string of the molecule is Cc1ccc(Oc2ccc(Br)cc2[N+](=O)[O-])c(Br)c1. The minimum Gasteiger partial charge on any atom is -0.449 e. The molecule has 2 rings (SSSR count). The molecule has 2 aromatic carbocycles. The number of nitrogens with zero attached hydrogens (tertiary/aromatic N) is 1. The Labute approximate surface area is 126 Å². The third-order valence-corrected chi connectivity index (χ3v) is 3.54. The Morgan fingerprint density at radius 3 is 2.42 bits per heavy atom. The van der Waals surface area contributed by atoms with E-state index in [-0.39, 0.29) is 11.4 Å². The molecule has 0 N–H and O–H groups in total. The average molecular weight is 387 g/mol. The number of halogens is 2. The maximum Gasteiger partial charge on any atom is 0.312 e. The van der Waals surface area contributed by atoms with E-state index in [1.54, 1.807) is 18.2 Å². The number of rotatable bonds is 3. The van der Waals surface area contributed by atoms with Crippen molar-refractivity contribution in [3.05, 3.63) is 61.0 Å². The van der Waals surface area contributed by atoms with E-state index in [4.69, 9.17) is 4.74 Å². The summed E-state index contributed by atoms with van der Waals surface area (Å²) in [5, 5.41) is 11.0. The Balaban J connectivity index is 2.40. The highest BCUT2D eigenvalue weighted by molar-refractivity contribution is 9.10. The summed E-state index contributed by atoms with van der Waals surface area (Å²) in [5.41, 5.74) is 0.992. The number of aryl methyl sites for hydroxylation is 1. The van der Waals surface area contributed by atoms with E-state index < -0.39 is 4.92 Å². The van der Waals surface area contributed by atoms with Crippen LogP contribution in [-0.2, 0) is 0 Å². The monoisotopic (exact) mass is 385 g/mol. The van der Waals surface area contributed by atoms with Gasteiger partial charge in [0.25, 0.3) is 0 Å². The summed E-state index contributed by atoms with van der Waals surface area (Å²) >= 11 is 6.58. The van der Waals surface area contributed by atoms with Gasteiger partial charge >= 0.3 is 5.69 Å². The largest absolute Gasteiger partial charge is 0.449 e. The van der Waals surface area contributed by atoms with Crippen LogP contribution in [0.3, 0.4) is 0 Å². The van der Waals surface area contributed by atoms with Gasteiger partial charge in [0.2, 0.25) is 5.75 Å². The second-order valence-corrected chi connectivity index (χ2v) is 5.68. The molecule has 0 saturated heterocycles. The second-order valence-electron chi connectivity index (χ2n) is 3.91. The van der Waals surface area contributed by atoms with E-state index in [0.717, 1.165) is 10.0 Å². The zero-order valence-electron chi connectivity index (χ0n) is 9.89. The molecule has 6 heteroatoms. The fraction of sp³-hybridized carbons (Fsp3) is 0.0769.